The van der Waals surface area contributed by atoms with Crippen LogP contribution in [0.2, 0.25) is 0 Å². The van der Waals surface area contributed by atoms with E-state index in [1.165, 1.54) is 63.4 Å². The van der Waals surface area contributed by atoms with Crippen molar-refractivity contribution in [1.29, 1.82) is 0 Å². The van der Waals surface area contributed by atoms with Crippen LogP contribution in [-0.2, 0) is 16.1 Å². The molecule has 29 heavy (non-hydrogen) atoms. The number of ether oxygens (including phenoxy) is 2. The van der Waals surface area contributed by atoms with Gasteiger partial charge in [-0.05, 0) is 25.3 Å². The van der Waals surface area contributed by atoms with Crippen molar-refractivity contribution in [2.75, 3.05) is 13.2 Å². The Morgan fingerprint density at radius 1 is 0.759 bits per heavy atom. The molecule has 0 saturated heterocycles. The first-order valence-corrected chi connectivity index (χ1v) is 11.6. The minimum Gasteiger partial charge on any atom is -0.434 e. The molecule has 0 aliphatic heterocycles. The molecule has 1 aromatic rings. The summed E-state index contributed by atoms with van der Waals surface area (Å²) in [5, 5.41) is 8.42. The highest BCUT2D eigenvalue weighted by atomic mass is 16.7. The predicted molar refractivity (Wildman–Crippen MR) is 121 cm³/mol. The molecule has 4 heteroatoms. The van der Waals surface area contributed by atoms with Crippen LogP contribution in [0.3, 0.4) is 0 Å². The van der Waals surface area contributed by atoms with Crippen molar-refractivity contribution in [2.24, 2.45) is 0 Å². The molecule has 0 aliphatic rings. The van der Waals surface area contributed by atoms with Crippen LogP contribution in [0.25, 0.3) is 0 Å². The first kappa shape index (κ1) is 27.5. The largest absolute Gasteiger partial charge is 0.508 e. The third-order valence-corrected chi connectivity index (χ3v) is 4.71. The minimum atomic E-state index is -0.570. The number of rotatable bonds is 15. The van der Waals surface area contributed by atoms with E-state index in [-0.39, 0.29) is 6.61 Å². The Hall–Kier alpha value is -1.55. The molecule has 0 spiro atoms. The molecule has 0 amide bonds. The van der Waals surface area contributed by atoms with Crippen molar-refractivity contribution in [3.8, 4) is 0 Å². The highest BCUT2D eigenvalue weighted by Crippen LogP contribution is 2.07. The van der Waals surface area contributed by atoms with Gasteiger partial charge in [-0.15, -0.1) is 0 Å². The van der Waals surface area contributed by atoms with Crippen LogP contribution in [0.15, 0.2) is 24.3 Å². The molecule has 0 bridgehead atoms. The van der Waals surface area contributed by atoms with E-state index in [0.717, 1.165) is 24.8 Å². The normalized spacial score (nSPS) is 10.2. The molecule has 0 heterocycles. The second kappa shape index (κ2) is 21.2. The Bertz CT molecular complexity index is 464. The number of unbranched alkanes of at least 4 members (excludes halogenated alkanes) is 10. The summed E-state index contributed by atoms with van der Waals surface area (Å²) in [5.41, 5.74) is 2.17. The van der Waals surface area contributed by atoms with Gasteiger partial charge < -0.3 is 14.6 Å². The van der Waals surface area contributed by atoms with Crippen molar-refractivity contribution < 1.29 is 19.4 Å². The molecule has 1 aromatic carbocycles. The van der Waals surface area contributed by atoms with Crippen molar-refractivity contribution in [3.63, 3.8) is 0 Å². The van der Waals surface area contributed by atoms with E-state index in [9.17, 15) is 4.79 Å². The SMILES string of the molecule is CCCCCCCCO.CCCCCCCCOC(=O)OCc1ccc(C)cc1. The molecule has 0 fully saturated rings. The maximum atomic E-state index is 11.4. The third kappa shape index (κ3) is 19.5. The van der Waals surface area contributed by atoms with Crippen molar-refractivity contribution >= 4 is 6.16 Å². The van der Waals surface area contributed by atoms with E-state index in [2.05, 4.69) is 13.8 Å². The predicted octanol–water partition coefficient (Wildman–Crippen LogP) is 7.35. The van der Waals surface area contributed by atoms with Crippen LogP contribution in [0, 0.1) is 6.92 Å². The summed E-state index contributed by atoms with van der Waals surface area (Å²) >= 11 is 0. The molecule has 0 aromatic heterocycles. The zero-order valence-corrected chi connectivity index (χ0v) is 19.1. The molecular formula is C25H44O4. The Balaban J connectivity index is 0.000000734. The van der Waals surface area contributed by atoms with Crippen LogP contribution in [0.1, 0.15) is 102 Å². The standard InChI is InChI=1S/C17H26O3.C8H18O/c1-3-4-5-6-7-8-13-19-17(18)20-14-16-11-9-15(2)10-12-16;1-2-3-4-5-6-7-8-9/h9-12H,3-8,13-14H2,1-2H3;9H,2-8H2,1H3. The van der Waals surface area contributed by atoms with Crippen LogP contribution in [0.5, 0.6) is 0 Å². The Labute approximate surface area is 179 Å². The van der Waals surface area contributed by atoms with Gasteiger partial charge >= 0.3 is 6.16 Å². The number of aryl methyl sites for hydroxylation is 1. The Morgan fingerprint density at radius 2 is 1.28 bits per heavy atom. The van der Waals surface area contributed by atoms with E-state index >= 15 is 0 Å². The first-order chi connectivity index (χ1) is 14.1. The van der Waals surface area contributed by atoms with E-state index in [1.807, 2.05) is 31.2 Å². The molecule has 0 aliphatic carbocycles. The van der Waals surface area contributed by atoms with Crippen molar-refractivity contribution in [1.82, 2.24) is 0 Å². The van der Waals surface area contributed by atoms with Gasteiger partial charge in [0.25, 0.3) is 0 Å². The van der Waals surface area contributed by atoms with Crippen molar-refractivity contribution in [2.45, 2.75) is 104 Å². The minimum absolute atomic E-state index is 0.273. The monoisotopic (exact) mass is 408 g/mol. The molecule has 0 unspecified atom stereocenters. The Kier molecular flexibility index (Phi) is 20.0. The molecule has 1 N–H and O–H groups in total. The molecule has 0 saturated carbocycles. The van der Waals surface area contributed by atoms with Gasteiger partial charge in [0.2, 0.25) is 0 Å². The van der Waals surface area contributed by atoms with Crippen LogP contribution in [-0.4, -0.2) is 24.5 Å². The number of hydrogen-bond acceptors (Lipinski definition) is 4. The third-order valence-electron chi connectivity index (χ3n) is 4.71. The van der Waals surface area contributed by atoms with E-state index in [1.54, 1.807) is 0 Å². The maximum absolute atomic E-state index is 11.4. The second-order valence-corrected chi connectivity index (χ2v) is 7.63. The highest BCUT2D eigenvalue weighted by molar-refractivity contribution is 5.59. The molecule has 0 atom stereocenters. The van der Waals surface area contributed by atoms with Gasteiger partial charge in [0.15, 0.2) is 0 Å². The summed E-state index contributed by atoms with van der Waals surface area (Å²) in [6.07, 6.45) is 14.0. The van der Waals surface area contributed by atoms with Crippen molar-refractivity contribution in [3.05, 3.63) is 35.4 Å². The molecule has 0 radical (unpaired) electrons. The molecule has 1 rings (SSSR count). The molecular weight excluding hydrogens is 364 g/mol. The zero-order chi connectivity index (χ0) is 21.6. The van der Waals surface area contributed by atoms with E-state index < -0.39 is 6.16 Å². The van der Waals surface area contributed by atoms with Gasteiger partial charge in [0.05, 0.1) is 6.61 Å². The van der Waals surface area contributed by atoms with Crippen LogP contribution in [0.4, 0.5) is 4.79 Å². The van der Waals surface area contributed by atoms with E-state index in [0.29, 0.717) is 13.2 Å². The van der Waals surface area contributed by atoms with Gasteiger partial charge in [0.1, 0.15) is 6.61 Å². The first-order valence-electron chi connectivity index (χ1n) is 11.6. The summed E-state index contributed by atoms with van der Waals surface area (Å²) in [4.78, 5) is 11.4. The number of aliphatic hydroxyl groups excluding tert-OH is 1. The lowest BCUT2D eigenvalue weighted by molar-refractivity contribution is 0.0487. The Morgan fingerprint density at radius 3 is 1.83 bits per heavy atom. The average molecular weight is 409 g/mol. The van der Waals surface area contributed by atoms with E-state index in [4.69, 9.17) is 14.6 Å². The summed E-state index contributed by atoms with van der Waals surface area (Å²) in [5.74, 6) is 0. The molecule has 168 valence electrons. The number of hydrogen-bond donors (Lipinski definition) is 1. The summed E-state index contributed by atoms with van der Waals surface area (Å²) < 4.78 is 10.1. The summed E-state index contributed by atoms with van der Waals surface area (Å²) in [7, 11) is 0. The number of carbonyl (C=O) groups is 1. The highest BCUT2D eigenvalue weighted by Gasteiger charge is 2.04. The number of aliphatic hydroxyl groups is 1. The topological polar surface area (TPSA) is 55.8 Å². The summed E-state index contributed by atoms with van der Waals surface area (Å²) in [6.45, 7) is 7.54. The van der Waals surface area contributed by atoms with Crippen LogP contribution < -0.4 is 0 Å². The van der Waals surface area contributed by atoms with Gasteiger partial charge in [0, 0.05) is 6.61 Å². The average Bonchev–Trinajstić information content (AvgIpc) is 2.73. The number of benzene rings is 1. The second-order valence-electron chi connectivity index (χ2n) is 7.63. The van der Waals surface area contributed by atoms with Gasteiger partial charge in [-0.1, -0.05) is 108 Å². The maximum Gasteiger partial charge on any atom is 0.508 e. The van der Waals surface area contributed by atoms with Gasteiger partial charge in [-0.25, -0.2) is 4.79 Å². The quantitative estimate of drug-likeness (QED) is 0.243. The zero-order valence-electron chi connectivity index (χ0n) is 19.1. The lowest BCUT2D eigenvalue weighted by Gasteiger charge is -2.06. The lowest BCUT2D eigenvalue weighted by atomic mass is 10.1. The summed E-state index contributed by atoms with van der Waals surface area (Å²) in [6, 6.07) is 7.91. The van der Waals surface area contributed by atoms with Gasteiger partial charge in [-0.3, -0.25) is 0 Å². The molecule has 4 nitrogen and oxygen atoms in total. The number of carbonyl (C=O) groups excluding carboxylic acids is 1. The van der Waals surface area contributed by atoms with Gasteiger partial charge in [-0.2, -0.15) is 0 Å². The lowest BCUT2D eigenvalue weighted by Crippen LogP contribution is -2.08. The fourth-order valence-electron chi connectivity index (χ4n) is 2.80. The fourth-order valence-corrected chi connectivity index (χ4v) is 2.80. The fraction of sp³-hybridized carbons (Fsp3) is 0.720. The smallest absolute Gasteiger partial charge is 0.434 e. The van der Waals surface area contributed by atoms with Crippen LogP contribution >= 0.6 is 0 Å².